The molecule has 0 amide bonds. The summed E-state index contributed by atoms with van der Waals surface area (Å²) in [6.07, 6.45) is -4.70. The number of phenols is 1. The number of rotatable bonds is 2. The van der Waals surface area contributed by atoms with Gasteiger partial charge in [-0.2, -0.15) is 0 Å². The first-order valence-corrected chi connectivity index (χ1v) is 5.10. The van der Waals surface area contributed by atoms with Gasteiger partial charge in [-0.05, 0) is 23.8 Å². The number of hydrogen-bond donors (Lipinski definition) is 1. The van der Waals surface area contributed by atoms with Crippen molar-refractivity contribution in [2.45, 2.75) is 6.36 Å². The molecule has 0 atom stereocenters. The van der Waals surface area contributed by atoms with Crippen LogP contribution in [-0.4, -0.2) is 11.5 Å². The molecule has 0 saturated carbocycles. The molecular formula is C13H9F3O2. The molecule has 0 unspecified atom stereocenters. The second kappa shape index (κ2) is 4.60. The van der Waals surface area contributed by atoms with Crippen molar-refractivity contribution < 1.29 is 23.0 Å². The molecule has 0 aliphatic carbocycles. The van der Waals surface area contributed by atoms with Crippen molar-refractivity contribution in [1.29, 1.82) is 0 Å². The summed E-state index contributed by atoms with van der Waals surface area (Å²) in [5.74, 6) is -0.219. The maximum absolute atomic E-state index is 12.0. The van der Waals surface area contributed by atoms with Gasteiger partial charge in [-0.15, -0.1) is 13.2 Å². The summed E-state index contributed by atoms with van der Waals surface area (Å²) in [6, 6.07) is 11.9. The van der Waals surface area contributed by atoms with Crippen molar-refractivity contribution in [3.63, 3.8) is 0 Å². The van der Waals surface area contributed by atoms with E-state index in [4.69, 9.17) is 0 Å². The fraction of sp³-hybridized carbons (Fsp3) is 0.0769. The second-order valence-corrected chi connectivity index (χ2v) is 3.59. The SMILES string of the molecule is Oc1ccccc1-c1ccc(OC(F)(F)F)cc1. The van der Waals surface area contributed by atoms with Gasteiger partial charge in [0.15, 0.2) is 0 Å². The Hall–Kier alpha value is -2.17. The van der Waals surface area contributed by atoms with Gasteiger partial charge < -0.3 is 9.84 Å². The lowest BCUT2D eigenvalue weighted by Crippen LogP contribution is -2.16. The lowest BCUT2D eigenvalue weighted by molar-refractivity contribution is -0.274. The van der Waals surface area contributed by atoms with E-state index < -0.39 is 6.36 Å². The summed E-state index contributed by atoms with van der Waals surface area (Å²) in [5.41, 5.74) is 1.17. The van der Waals surface area contributed by atoms with Crippen molar-refractivity contribution in [1.82, 2.24) is 0 Å². The normalized spacial score (nSPS) is 11.3. The first-order chi connectivity index (χ1) is 8.46. The minimum absolute atomic E-state index is 0.0713. The van der Waals surface area contributed by atoms with Crippen molar-refractivity contribution in [3.05, 3.63) is 48.5 Å². The van der Waals surface area contributed by atoms with Crippen LogP contribution >= 0.6 is 0 Å². The van der Waals surface area contributed by atoms with Crippen LogP contribution in [0.25, 0.3) is 11.1 Å². The van der Waals surface area contributed by atoms with Gasteiger partial charge in [0.05, 0.1) is 0 Å². The van der Waals surface area contributed by atoms with Crippen LogP contribution in [0.1, 0.15) is 0 Å². The summed E-state index contributed by atoms with van der Waals surface area (Å²) in [5, 5.41) is 9.61. The van der Waals surface area contributed by atoms with Crippen LogP contribution in [0.15, 0.2) is 48.5 Å². The molecule has 0 heterocycles. The van der Waals surface area contributed by atoms with Crippen molar-refractivity contribution >= 4 is 0 Å². The minimum atomic E-state index is -4.70. The fourth-order valence-corrected chi connectivity index (χ4v) is 1.55. The van der Waals surface area contributed by atoms with Gasteiger partial charge in [0.2, 0.25) is 0 Å². The number of alkyl halides is 3. The fourth-order valence-electron chi connectivity index (χ4n) is 1.55. The zero-order valence-corrected chi connectivity index (χ0v) is 9.11. The van der Waals surface area contributed by atoms with E-state index >= 15 is 0 Å². The second-order valence-electron chi connectivity index (χ2n) is 3.59. The Kier molecular flexibility index (Phi) is 3.14. The van der Waals surface area contributed by atoms with Gasteiger partial charge in [-0.1, -0.05) is 30.3 Å². The van der Waals surface area contributed by atoms with E-state index in [-0.39, 0.29) is 11.5 Å². The molecule has 0 spiro atoms. The first kappa shape index (κ1) is 12.3. The highest BCUT2D eigenvalue weighted by Crippen LogP contribution is 2.31. The highest BCUT2D eigenvalue weighted by Gasteiger charge is 2.30. The summed E-state index contributed by atoms with van der Waals surface area (Å²) in [6.45, 7) is 0. The molecule has 0 radical (unpaired) electrons. The summed E-state index contributed by atoms with van der Waals surface area (Å²) >= 11 is 0. The van der Waals surface area contributed by atoms with Crippen LogP contribution in [0.3, 0.4) is 0 Å². The molecule has 94 valence electrons. The quantitative estimate of drug-likeness (QED) is 0.879. The Morgan fingerprint density at radius 3 is 2.06 bits per heavy atom. The molecule has 0 aliphatic heterocycles. The third kappa shape index (κ3) is 2.94. The molecule has 0 aliphatic rings. The molecule has 5 heteroatoms. The highest BCUT2D eigenvalue weighted by atomic mass is 19.4. The molecule has 2 aromatic carbocycles. The summed E-state index contributed by atoms with van der Waals surface area (Å²) in [4.78, 5) is 0. The monoisotopic (exact) mass is 254 g/mol. The van der Waals surface area contributed by atoms with Crippen LogP contribution in [0.2, 0.25) is 0 Å². The summed E-state index contributed by atoms with van der Waals surface area (Å²) < 4.78 is 39.7. The first-order valence-electron chi connectivity index (χ1n) is 5.10. The van der Waals surface area contributed by atoms with Gasteiger partial charge in [-0.25, -0.2) is 0 Å². The molecule has 2 aromatic rings. The average Bonchev–Trinajstić information content (AvgIpc) is 2.29. The van der Waals surface area contributed by atoms with Crippen molar-refractivity contribution in [2.75, 3.05) is 0 Å². The zero-order chi connectivity index (χ0) is 13.2. The van der Waals surface area contributed by atoms with E-state index in [1.807, 2.05) is 0 Å². The van der Waals surface area contributed by atoms with Crippen LogP contribution in [0, 0.1) is 0 Å². The molecule has 1 N–H and O–H groups in total. The molecule has 2 rings (SSSR count). The number of ether oxygens (including phenoxy) is 1. The smallest absolute Gasteiger partial charge is 0.507 e. The van der Waals surface area contributed by atoms with Crippen LogP contribution in [-0.2, 0) is 0 Å². The van der Waals surface area contributed by atoms with Crippen LogP contribution < -0.4 is 4.74 Å². The van der Waals surface area contributed by atoms with Gasteiger partial charge in [0.1, 0.15) is 11.5 Å². The van der Waals surface area contributed by atoms with Crippen LogP contribution in [0.4, 0.5) is 13.2 Å². The maximum atomic E-state index is 12.0. The number of halogens is 3. The van der Waals surface area contributed by atoms with E-state index in [2.05, 4.69) is 4.74 Å². The third-order valence-electron chi connectivity index (χ3n) is 2.30. The molecule has 0 bridgehead atoms. The molecule has 0 aromatic heterocycles. The predicted molar refractivity (Wildman–Crippen MR) is 60.2 cm³/mol. The topological polar surface area (TPSA) is 29.5 Å². The average molecular weight is 254 g/mol. The minimum Gasteiger partial charge on any atom is -0.507 e. The van der Waals surface area contributed by atoms with Gasteiger partial charge in [0, 0.05) is 5.56 Å². The largest absolute Gasteiger partial charge is 0.573 e. The Labute approximate surface area is 101 Å². The number of para-hydroxylation sites is 1. The lowest BCUT2D eigenvalue weighted by atomic mass is 10.0. The highest BCUT2D eigenvalue weighted by molar-refractivity contribution is 5.70. The molecule has 0 fully saturated rings. The number of aromatic hydroxyl groups is 1. The Morgan fingerprint density at radius 1 is 0.889 bits per heavy atom. The third-order valence-corrected chi connectivity index (χ3v) is 2.30. The standard InChI is InChI=1S/C13H9F3O2/c14-13(15,16)18-10-7-5-9(6-8-10)11-3-1-2-4-12(11)17/h1-8,17H. The Bertz CT molecular complexity index is 533. The Balaban J connectivity index is 2.26. The number of hydrogen-bond acceptors (Lipinski definition) is 2. The Morgan fingerprint density at radius 2 is 1.50 bits per heavy atom. The van der Waals surface area contributed by atoms with Crippen molar-refractivity contribution in [3.8, 4) is 22.6 Å². The maximum Gasteiger partial charge on any atom is 0.573 e. The van der Waals surface area contributed by atoms with Gasteiger partial charge >= 0.3 is 6.36 Å². The molecule has 18 heavy (non-hydrogen) atoms. The van der Waals surface area contributed by atoms with E-state index in [0.717, 1.165) is 0 Å². The molecule has 2 nitrogen and oxygen atoms in total. The lowest BCUT2D eigenvalue weighted by Gasteiger charge is -2.09. The number of phenolic OH excluding ortho intramolecular Hbond substituents is 1. The van der Waals surface area contributed by atoms with Gasteiger partial charge in [0.25, 0.3) is 0 Å². The number of benzene rings is 2. The predicted octanol–water partition coefficient (Wildman–Crippen LogP) is 3.96. The van der Waals surface area contributed by atoms with Crippen molar-refractivity contribution in [2.24, 2.45) is 0 Å². The summed E-state index contributed by atoms with van der Waals surface area (Å²) in [7, 11) is 0. The van der Waals surface area contributed by atoms with E-state index in [1.54, 1.807) is 18.2 Å². The molecule has 0 saturated heterocycles. The molecular weight excluding hydrogens is 245 g/mol. The van der Waals surface area contributed by atoms with Gasteiger partial charge in [-0.3, -0.25) is 0 Å². The van der Waals surface area contributed by atoms with Crippen LogP contribution in [0.5, 0.6) is 11.5 Å². The van der Waals surface area contributed by atoms with E-state index in [9.17, 15) is 18.3 Å². The van der Waals surface area contributed by atoms with E-state index in [0.29, 0.717) is 11.1 Å². The van der Waals surface area contributed by atoms with E-state index in [1.165, 1.54) is 30.3 Å². The zero-order valence-electron chi connectivity index (χ0n) is 9.11.